The largest absolute Gasteiger partial charge is 0.359 e. The number of aromatic nitrogens is 1. The SMILES string of the molecule is CCN1C[C@@H]2C3(CCN(C(=O)Nc4ccncc4)CC3)CC[C@]2(C(=O)NC)C1. The first-order valence-electron chi connectivity index (χ1n) is 10.4. The number of nitrogens with zero attached hydrogens (tertiary/aromatic N) is 3. The first-order valence-corrected chi connectivity index (χ1v) is 10.4. The molecule has 0 radical (unpaired) electrons. The topological polar surface area (TPSA) is 77.6 Å². The van der Waals surface area contributed by atoms with E-state index < -0.39 is 0 Å². The molecule has 2 aliphatic heterocycles. The molecule has 1 aromatic rings. The molecule has 1 spiro atoms. The van der Waals surface area contributed by atoms with Crippen LogP contribution in [0.25, 0.3) is 0 Å². The molecule has 3 amide bonds. The highest BCUT2D eigenvalue weighted by atomic mass is 16.2. The van der Waals surface area contributed by atoms with Crippen LogP contribution in [0.3, 0.4) is 0 Å². The quantitative estimate of drug-likeness (QED) is 0.836. The highest BCUT2D eigenvalue weighted by Gasteiger charge is 2.63. The van der Waals surface area contributed by atoms with Crippen LogP contribution in [0.4, 0.5) is 10.5 Å². The Morgan fingerprint density at radius 3 is 2.54 bits per heavy atom. The van der Waals surface area contributed by atoms with Crippen LogP contribution >= 0.6 is 0 Å². The van der Waals surface area contributed by atoms with E-state index in [-0.39, 0.29) is 22.8 Å². The Morgan fingerprint density at radius 1 is 1.18 bits per heavy atom. The van der Waals surface area contributed by atoms with Gasteiger partial charge in [0.25, 0.3) is 0 Å². The minimum atomic E-state index is -0.244. The van der Waals surface area contributed by atoms with Crippen LogP contribution in [-0.2, 0) is 4.79 Å². The van der Waals surface area contributed by atoms with Gasteiger partial charge in [-0.3, -0.25) is 9.78 Å². The number of rotatable bonds is 3. The van der Waals surface area contributed by atoms with E-state index in [4.69, 9.17) is 0 Å². The molecular weight excluding hydrogens is 354 g/mol. The van der Waals surface area contributed by atoms with Crippen molar-refractivity contribution in [1.29, 1.82) is 0 Å². The van der Waals surface area contributed by atoms with Crippen LogP contribution in [0.1, 0.15) is 32.6 Å². The number of nitrogens with one attached hydrogen (secondary N) is 2. The van der Waals surface area contributed by atoms with E-state index in [0.717, 1.165) is 64.1 Å². The summed E-state index contributed by atoms with van der Waals surface area (Å²) in [5, 5.41) is 5.91. The van der Waals surface area contributed by atoms with Gasteiger partial charge in [-0.1, -0.05) is 6.92 Å². The fraction of sp³-hybridized carbons (Fsp3) is 0.667. The second-order valence-corrected chi connectivity index (χ2v) is 8.63. The molecule has 0 aromatic carbocycles. The van der Waals surface area contributed by atoms with Crippen LogP contribution in [0.15, 0.2) is 24.5 Å². The Bertz CT molecular complexity index is 732. The summed E-state index contributed by atoms with van der Waals surface area (Å²) in [6, 6.07) is 3.56. The van der Waals surface area contributed by atoms with Crippen molar-refractivity contribution in [2.24, 2.45) is 16.7 Å². The third-order valence-electron chi connectivity index (χ3n) is 7.53. The minimum absolute atomic E-state index is 0.0433. The Morgan fingerprint density at radius 2 is 1.89 bits per heavy atom. The van der Waals surface area contributed by atoms with Crippen LogP contribution in [-0.4, -0.2) is 66.5 Å². The normalized spacial score (nSPS) is 28.9. The molecule has 1 aliphatic carbocycles. The predicted octanol–water partition coefficient (Wildman–Crippen LogP) is 2.17. The molecule has 4 rings (SSSR count). The van der Waals surface area contributed by atoms with Crippen molar-refractivity contribution in [3.8, 4) is 0 Å². The smallest absolute Gasteiger partial charge is 0.321 e. The summed E-state index contributed by atoms with van der Waals surface area (Å²) >= 11 is 0. The van der Waals surface area contributed by atoms with E-state index >= 15 is 0 Å². The van der Waals surface area contributed by atoms with Crippen molar-refractivity contribution >= 4 is 17.6 Å². The van der Waals surface area contributed by atoms with E-state index in [1.165, 1.54) is 0 Å². The number of amides is 3. The molecule has 2 N–H and O–H groups in total. The van der Waals surface area contributed by atoms with Gasteiger partial charge in [0.1, 0.15) is 0 Å². The average Bonchev–Trinajstić information content (AvgIpc) is 3.25. The fourth-order valence-electron chi connectivity index (χ4n) is 5.91. The summed E-state index contributed by atoms with van der Waals surface area (Å²) in [4.78, 5) is 33.8. The van der Waals surface area contributed by atoms with E-state index in [0.29, 0.717) is 5.92 Å². The molecule has 2 saturated heterocycles. The van der Waals surface area contributed by atoms with Gasteiger partial charge in [-0.15, -0.1) is 0 Å². The van der Waals surface area contributed by atoms with Crippen LogP contribution in [0.2, 0.25) is 0 Å². The Labute approximate surface area is 166 Å². The first-order chi connectivity index (χ1) is 13.5. The van der Waals surface area contributed by atoms with Gasteiger partial charge in [0.15, 0.2) is 0 Å². The molecule has 7 nitrogen and oxygen atoms in total. The number of likely N-dealkylation sites (tertiary alicyclic amines) is 2. The molecule has 1 aromatic heterocycles. The van der Waals surface area contributed by atoms with Gasteiger partial charge in [0, 0.05) is 51.3 Å². The van der Waals surface area contributed by atoms with Crippen molar-refractivity contribution in [1.82, 2.24) is 20.1 Å². The lowest BCUT2D eigenvalue weighted by Gasteiger charge is -2.44. The van der Waals surface area contributed by atoms with E-state index in [1.54, 1.807) is 31.6 Å². The van der Waals surface area contributed by atoms with Gasteiger partial charge in [0.2, 0.25) is 5.91 Å². The zero-order valence-electron chi connectivity index (χ0n) is 16.9. The van der Waals surface area contributed by atoms with Crippen molar-refractivity contribution < 1.29 is 9.59 Å². The zero-order chi connectivity index (χ0) is 19.8. The number of anilines is 1. The summed E-state index contributed by atoms with van der Waals surface area (Å²) in [6.45, 7) is 6.56. The van der Waals surface area contributed by atoms with Gasteiger partial charge in [0.05, 0.1) is 5.41 Å². The van der Waals surface area contributed by atoms with E-state index in [1.807, 2.05) is 4.90 Å². The lowest BCUT2D eigenvalue weighted by molar-refractivity contribution is -0.132. The van der Waals surface area contributed by atoms with Gasteiger partial charge < -0.3 is 20.4 Å². The summed E-state index contributed by atoms with van der Waals surface area (Å²) < 4.78 is 0. The number of urea groups is 1. The maximum absolute atomic E-state index is 12.9. The molecule has 3 fully saturated rings. The second-order valence-electron chi connectivity index (χ2n) is 8.63. The Balaban J connectivity index is 1.45. The lowest BCUT2D eigenvalue weighted by atomic mass is 9.65. The molecule has 0 unspecified atom stereocenters. The van der Waals surface area contributed by atoms with Crippen molar-refractivity contribution in [2.45, 2.75) is 32.6 Å². The number of hydrogen-bond donors (Lipinski definition) is 2. The minimum Gasteiger partial charge on any atom is -0.359 e. The van der Waals surface area contributed by atoms with Crippen LogP contribution in [0.5, 0.6) is 0 Å². The monoisotopic (exact) mass is 385 g/mol. The summed E-state index contributed by atoms with van der Waals surface area (Å²) in [5.41, 5.74) is 0.713. The van der Waals surface area contributed by atoms with Crippen molar-refractivity contribution in [3.05, 3.63) is 24.5 Å². The Hall–Kier alpha value is -2.15. The molecular formula is C21H31N5O2. The van der Waals surface area contributed by atoms with E-state index in [9.17, 15) is 9.59 Å². The molecule has 3 aliphatic rings. The van der Waals surface area contributed by atoms with Crippen molar-refractivity contribution in [3.63, 3.8) is 0 Å². The molecule has 2 atom stereocenters. The number of hydrogen-bond acceptors (Lipinski definition) is 4. The molecule has 3 heterocycles. The lowest BCUT2D eigenvalue weighted by Crippen LogP contribution is -2.50. The number of carbonyl (C=O) groups excluding carboxylic acids is 2. The highest BCUT2D eigenvalue weighted by molar-refractivity contribution is 5.89. The highest BCUT2D eigenvalue weighted by Crippen LogP contribution is 2.62. The maximum atomic E-state index is 12.9. The molecule has 7 heteroatoms. The third kappa shape index (κ3) is 3.05. The summed E-state index contributed by atoms with van der Waals surface area (Å²) in [7, 11) is 1.76. The van der Waals surface area contributed by atoms with E-state index in [2.05, 4.69) is 27.4 Å². The van der Waals surface area contributed by atoms with Gasteiger partial charge in [-0.25, -0.2) is 4.79 Å². The summed E-state index contributed by atoms with van der Waals surface area (Å²) in [6.07, 6.45) is 7.39. The maximum Gasteiger partial charge on any atom is 0.321 e. The fourth-order valence-corrected chi connectivity index (χ4v) is 5.91. The van der Waals surface area contributed by atoms with Crippen molar-refractivity contribution in [2.75, 3.05) is 45.1 Å². The molecule has 152 valence electrons. The number of piperidine rings is 1. The standard InChI is InChI=1S/C21H31N5O2/c1-3-25-14-17-20(6-7-21(17,15-25)18(27)22-2)8-12-26(13-9-20)19(28)24-16-4-10-23-11-5-16/h4-5,10-11,17H,3,6-9,12-15H2,1-2H3,(H,22,27)(H,23,24,28)/t17-,21+/m1/s1. The first kappa shape index (κ1) is 19.2. The second kappa shape index (κ2) is 7.35. The van der Waals surface area contributed by atoms with Crippen LogP contribution < -0.4 is 10.6 Å². The molecule has 1 saturated carbocycles. The molecule has 28 heavy (non-hydrogen) atoms. The summed E-state index contributed by atoms with van der Waals surface area (Å²) in [5.74, 6) is 0.605. The predicted molar refractivity (Wildman–Crippen MR) is 108 cm³/mol. The average molecular weight is 386 g/mol. The van der Waals surface area contributed by atoms with Gasteiger partial charge in [-0.05, 0) is 55.7 Å². The number of fused-ring (bicyclic) bond motifs is 2. The Kier molecular flexibility index (Phi) is 5.04. The number of pyridine rings is 1. The zero-order valence-corrected chi connectivity index (χ0v) is 16.9. The third-order valence-corrected chi connectivity index (χ3v) is 7.53. The number of carbonyl (C=O) groups is 2. The van der Waals surface area contributed by atoms with Crippen LogP contribution in [0, 0.1) is 16.7 Å². The molecule has 0 bridgehead atoms. The van der Waals surface area contributed by atoms with Gasteiger partial charge in [-0.2, -0.15) is 0 Å². The van der Waals surface area contributed by atoms with Gasteiger partial charge >= 0.3 is 6.03 Å².